The maximum absolute atomic E-state index is 12.9. The zero-order chi connectivity index (χ0) is 25.8. The molecule has 0 aromatic rings. The molecule has 2 bridgehead atoms. The second-order valence-corrected chi connectivity index (χ2v) is 12.4. The van der Waals surface area contributed by atoms with Crippen LogP contribution < -0.4 is 0 Å². The molecule has 1 unspecified atom stereocenters. The Balaban J connectivity index is 1.46. The molecule has 2 spiro atoms. The lowest BCUT2D eigenvalue weighted by atomic mass is 9.40. The third kappa shape index (κ3) is 3.12. The van der Waals surface area contributed by atoms with Gasteiger partial charge in [-0.3, -0.25) is 9.59 Å². The molecule has 2 aliphatic carbocycles. The zero-order valence-corrected chi connectivity index (χ0v) is 21.5. The molecule has 0 aromatic carbocycles. The largest absolute Gasteiger partial charge is 0.462 e. The topological polar surface area (TPSA) is 133 Å². The van der Waals surface area contributed by atoms with Gasteiger partial charge in [0.1, 0.15) is 23.2 Å². The van der Waals surface area contributed by atoms with E-state index in [0.717, 1.165) is 6.42 Å². The lowest BCUT2D eigenvalue weighted by Crippen LogP contribution is -2.80. The van der Waals surface area contributed by atoms with Crippen molar-refractivity contribution in [1.82, 2.24) is 0 Å². The summed E-state index contributed by atoms with van der Waals surface area (Å²) in [5.74, 6) is -1.26. The number of rotatable bonds is 4. The average molecular weight is 511 g/mol. The molecule has 0 aromatic heterocycles. The van der Waals surface area contributed by atoms with E-state index in [9.17, 15) is 19.8 Å². The van der Waals surface area contributed by atoms with Gasteiger partial charge in [0.25, 0.3) is 0 Å². The molecule has 36 heavy (non-hydrogen) atoms. The van der Waals surface area contributed by atoms with Crippen LogP contribution >= 0.6 is 0 Å². The first-order valence-electron chi connectivity index (χ1n) is 13.3. The van der Waals surface area contributed by atoms with E-state index in [2.05, 4.69) is 13.8 Å². The van der Waals surface area contributed by atoms with Crippen molar-refractivity contribution in [2.45, 2.75) is 109 Å². The minimum absolute atomic E-state index is 0.0694. The summed E-state index contributed by atoms with van der Waals surface area (Å²) in [6.07, 6.45) is -2.45. The molecule has 2 N–H and O–H groups in total. The van der Waals surface area contributed by atoms with E-state index in [1.54, 1.807) is 13.8 Å². The van der Waals surface area contributed by atoms with Crippen LogP contribution in [0.3, 0.4) is 0 Å². The summed E-state index contributed by atoms with van der Waals surface area (Å²) in [5, 5.41) is 21.3. The Morgan fingerprint density at radius 3 is 2.36 bits per heavy atom. The van der Waals surface area contributed by atoms with Crippen molar-refractivity contribution in [3.63, 3.8) is 0 Å². The van der Waals surface area contributed by atoms with Gasteiger partial charge in [-0.15, -0.1) is 0 Å². The molecule has 2 saturated carbocycles. The second kappa shape index (κ2) is 8.10. The van der Waals surface area contributed by atoms with Gasteiger partial charge in [-0.05, 0) is 31.1 Å². The predicted octanol–water partition coefficient (Wildman–Crippen LogP) is 1.49. The molecule has 5 saturated heterocycles. The number of hydrogen-bond donors (Lipinski definition) is 2. The summed E-state index contributed by atoms with van der Waals surface area (Å²) in [5.41, 5.74) is -2.58. The lowest BCUT2D eigenvalue weighted by Gasteiger charge is -2.69. The number of carbonyl (C=O) groups excluding carboxylic acids is 2. The van der Waals surface area contributed by atoms with Crippen LogP contribution in [0.1, 0.15) is 60.3 Å². The number of fused-ring (bicyclic) bond motifs is 2. The standard InChI is InChI=1S/C26H38O10/c1-11(2)21(30)36-23-26-16(9-15(33-23)20(29)25(26)10-31-25)24(5,12(3)6-18(26)32-13(4)27)17-7-14-8-19(28)35-22(14)34-17/h11-12,14-20,22-23,28-29H,6-10H2,1-5H3/t12-,14+,15-,16-,17+,18+,19+,20+,22-,23?,24+,25-,26+/m1/s1. The SMILES string of the molecule is CC(=O)O[C@H]1C[C@@H](C)[C@](C)([C@@H]2C[C@H]3C[C@@H](O)O[C@H]3O2)[C@H]2C[C@H]3OC(OC(=O)C(C)C)[C@@]12[C@@]1(CO1)[C@H]3O. The Morgan fingerprint density at radius 2 is 1.75 bits per heavy atom. The quantitative estimate of drug-likeness (QED) is 0.423. The van der Waals surface area contributed by atoms with Crippen LogP contribution in [0.15, 0.2) is 0 Å². The third-order valence-corrected chi connectivity index (χ3v) is 10.4. The van der Waals surface area contributed by atoms with Crippen molar-refractivity contribution in [1.29, 1.82) is 0 Å². The predicted molar refractivity (Wildman–Crippen MR) is 121 cm³/mol. The van der Waals surface area contributed by atoms with Gasteiger partial charge in [0.15, 0.2) is 12.6 Å². The lowest BCUT2D eigenvalue weighted by molar-refractivity contribution is -0.397. The zero-order valence-electron chi connectivity index (χ0n) is 21.5. The Morgan fingerprint density at radius 1 is 1.03 bits per heavy atom. The second-order valence-electron chi connectivity index (χ2n) is 12.4. The van der Waals surface area contributed by atoms with Crippen LogP contribution in [0, 0.1) is 34.5 Å². The van der Waals surface area contributed by atoms with Gasteiger partial charge in [-0.1, -0.05) is 27.7 Å². The third-order valence-electron chi connectivity index (χ3n) is 10.4. The van der Waals surface area contributed by atoms with Gasteiger partial charge >= 0.3 is 11.9 Å². The van der Waals surface area contributed by atoms with Crippen molar-refractivity contribution in [3.05, 3.63) is 0 Å². The molecule has 13 atom stereocenters. The minimum Gasteiger partial charge on any atom is -0.462 e. The van der Waals surface area contributed by atoms with Crippen LogP contribution in [0.5, 0.6) is 0 Å². The number of epoxide rings is 1. The highest BCUT2D eigenvalue weighted by atomic mass is 16.7. The van der Waals surface area contributed by atoms with E-state index in [0.29, 0.717) is 19.3 Å². The van der Waals surface area contributed by atoms with Crippen LogP contribution in [-0.4, -0.2) is 77.6 Å². The number of esters is 2. The summed E-state index contributed by atoms with van der Waals surface area (Å²) >= 11 is 0. The highest BCUT2D eigenvalue weighted by Gasteiger charge is 2.86. The smallest absolute Gasteiger partial charge is 0.310 e. The summed E-state index contributed by atoms with van der Waals surface area (Å²) in [7, 11) is 0. The maximum atomic E-state index is 12.9. The first-order chi connectivity index (χ1) is 16.9. The van der Waals surface area contributed by atoms with Crippen LogP contribution in [0.25, 0.3) is 0 Å². The monoisotopic (exact) mass is 510 g/mol. The summed E-state index contributed by atoms with van der Waals surface area (Å²) in [4.78, 5) is 25.2. The van der Waals surface area contributed by atoms with Gasteiger partial charge in [-0.25, -0.2) is 0 Å². The summed E-state index contributed by atoms with van der Waals surface area (Å²) in [6, 6.07) is 0. The molecule has 0 amide bonds. The molecular weight excluding hydrogens is 472 g/mol. The number of hydrogen-bond acceptors (Lipinski definition) is 10. The number of carbonyl (C=O) groups is 2. The molecular formula is C26H38O10. The van der Waals surface area contributed by atoms with Crippen molar-refractivity contribution < 1.29 is 48.2 Å². The fourth-order valence-electron chi connectivity index (χ4n) is 8.39. The number of ether oxygens (including phenoxy) is 6. The maximum Gasteiger partial charge on any atom is 0.310 e. The number of aliphatic hydroxyl groups excluding tert-OH is 2. The molecule has 5 heterocycles. The highest BCUT2D eigenvalue weighted by Crippen LogP contribution is 2.74. The molecule has 7 aliphatic rings. The molecule has 7 rings (SSSR count). The number of aliphatic hydroxyl groups is 2. The summed E-state index contributed by atoms with van der Waals surface area (Å²) < 4.78 is 36.5. The van der Waals surface area contributed by atoms with Gasteiger partial charge in [0, 0.05) is 24.7 Å². The fourth-order valence-corrected chi connectivity index (χ4v) is 8.39. The first-order valence-corrected chi connectivity index (χ1v) is 13.3. The molecule has 5 aliphatic heterocycles. The molecule has 10 nitrogen and oxygen atoms in total. The highest BCUT2D eigenvalue weighted by molar-refractivity contribution is 5.72. The van der Waals surface area contributed by atoms with E-state index in [-0.39, 0.29) is 36.4 Å². The molecule has 202 valence electrons. The Hall–Kier alpha value is -1.30. The summed E-state index contributed by atoms with van der Waals surface area (Å²) in [6.45, 7) is 9.50. The van der Waals surface area contributed by atoms with Crippen LogP contribution in [-0.2, 0) is 38.0 Å². The van der Waals surface area contributed by atoms with Gasteiger partial charge in [0.05, 0.1) is 24.7 Å². The van der Waals surface area contributed by atoms with Gasteiger partial charge < -0.3 is 38.6 Å². The van der Waals surface area contributed by atoms with E-state index in [1.165, 1.54) is 6.92 Å². The van der Waals surface area contributed by atoms with Crippen molar-refractivity contribution >= 4 is 11.9 Å². The van der Waals surface area contributed by atoms with Crippen molar-refractivity contribution in [3.8, 4) is 0 Å². The van der Waals surface area contributed by atoms with Crippen molar-refractivity contribution in [2.75, 3.05) is 6.61 Å². The Labute approximate surface area is 210 Å². The van der Waals surface area contributed by atoms with Crippen LogP contribution in [0.2, 0.25) is 0 Å². The molecule has 10 heteroatoms. The van der Waals surface area contributed by atoms with E-state index < -0.39 is 65.6 Å². The average Bonchev–Trinajstić information content (AvgIpc) is 3.38. The molecule has 7 fully saturated rings. The van der Waals surface area contributed by atoms with E-state index >= 15 is 0 Å². The van der Waals surface area contributed by atoms with Gasteiger partial charge in [-0.2, -0.15) is 0 Å². The van der Waals surface area contributed by atoms with Crippen molar-refractivity contribution in [2.24, 2.45) is 34.5 Å². The van der Waals surface area contributed by atoms with E-state index in [4.69, 9.17) is 28.4 Å². The molecule has 0 radical (unpaired) electrons. The Kier molecular flexibility index (Phi) is 5.63. The van der Waals surface area contributed by atoms with E-state index in [1.807, 2.05) is 0 Å². The van der Waals surface area contributed by atoms with Gasteiger partial charge in [0.2, 0.25) is 6.29 Å². The van der Waals surface area contributed by atoms with Crippen LogP contribution in [0.4, 0.5) is 0 Å². The normalized spacial score (nSPS) is 54.9. The fraction of sp³-hybridized carbons (Fsp3) is 0.923. The first kappa shape index (κ1) is 25.0. The minimum atomic E-state index is -1.10. The Bertz CT molecular complexity index is 920.